The van der Waals surface area contributed by atoms with Gasteiger partial charge in [0.25, 0.3) is 0 Å². The second kappa shape index (κ2) is 6.83. The lowest BCUT2D eigenvalue weighted by Crippen LogP contribution is -2.12. The van der Waals surface area contributed by atoms with Crippen LogP contribution >= 0.6 is 27.5 Å². The molecule has 0 atom stereocenters. The normalized spacial score (nSPS) is 10.1. The maximum absolute atomic E-state index is 11.4. The summed E-state index contributed by atoms with van der Waals surface area (Å²) < 4.78 is 5.09. The molecule has 0 spiro atoms. The largest absolute Gasteiger partial charge is 0.496 e. The molecule has 0 aliphatic rings. The summed E-state index contributed by atoms with van der Waals surface area (Å²) in [5.41, 5.74) is 1.06. The van der Waals surface area contributed by atoms with Crippen molar-refractivity contribution < 1.29 is 14.6 Å². The zero-order valence-corrected chi connectivity index (χ0v) is 11.6. The summed E-state index contributed by atoms with van der Waals surface area (Å²) >= 11 is 9.17. The molecular weight excluding hydrogens is 309 g/mol. The summed E-state index contributed by atoms with van der Waals surface area (Å²) in [4.78, 5) is 11.4. The van der Waals surface area contributed by atoms with E-state index in [2.05, 4.69) is 21.2 Å². The smallest absolute Gasteiger partial charge is 0.225 e. The summed E-state index contributed by atoms with van der Waals surface area (Å²) in [6.45, 7) is -0.168. The monoisotopic (exact) mass is 321 g/mol. The SMILES string of the molecule is COc1cc(NC(=O)CCBr)c(Cl)cc1CO. The maximum atomic E-state index is 11.4. The van der Waals surface area contributed by atoms with Crippen LogP contribution in [0.25, 0.3) is 0 Å². The Hall–Kier alpha value is -0.780. The molecule has 0 saturated carbocycles. The highest BCUT2D eigenvalue weighted by Gasteiger charge is 2.10. The molecule has 2 N–H and O–H groups in total. The van der Waals surface area contributed by atoms with E-state index in [0.717, 1.165) is 0 Å². The second-order valence-electron chi connectivity index (χ2n) is 3.29. The van der Waals surface area contributed by atoms with E-state index in [1.807, 2.05) is 0 Å². The number of alkyl halides is 1. The third kappa shape index (κ3) is 3.87. The number of amides is 1. The van der Waals surface area contributed by atoms with Crippen LogP contribution in [0.5, 0.6) is 5.75 Å². The second-order valence-corrected chi connectivity index (χ2v) is 4.49. The number of halogens is 2. The zero-order chi connectivity index (χ0) is 12.8. The molecule has 1 aromatic rings. The number of hydrogen-bond acceptors (Lipinski definition) is 3. The van der Waals surface area contributed by atoms with Gasteiger partial charge in [0.2, 0.25) is 5.91 Å². The number of rotatable bonds is 5. The molecule has 0 aromatic heterocycles. The molecule has 4 nitrogen and oxygen atoms in total. The number of nitrogens with one attached hydrogen (secondary N) is 1. The first-order chi connectivity index (χ1) is 8.12. The number of carbonyl (C=O) groups is 1. The molecule has 0 aliphatic carbocycles. The van der Waals surface area contributed by atoms with E-state index in [0.29, 0.717) is 33.8 Å². The van der Waals surface area contributed by atoms with E-state index < -0.39 is 0 Å². The van der Waals surface area contributed by atoms with Gasteiger partial charge in [0, 0.05) is 23.4 Å². The van der Waals surface area contributed by atoms with Gasteiger partial charge in [-0.15, -0.1) is 0 Å². The molecule has 0 unspecified atom stereocenters. The number of methoxy groups -OCH3 is 1. The Kier molecular flexibility index (Phi) is 5.74. The van der Waals surface area contributed by atoms with Crippen molar-refractivity contribution in [2.75, 3.05) is 17.8 Å². The predicted octanol–water partition coefficient (Wildman–Crippen LogP) is 2.56. The number of hydrogen-bond donors (Lipinski definition) is 2. The number of anilines is 1. The molecule has 0 saturated heterocycles. The molecule has 0 heterocycles. The Labute approximate surface area is 113 Å². The van der Waals surface area contributed by atoms with Crippen LogP contribution in [-0.2, 0) is 11.4 Å². The average molecular weight is 323 g/mol. The number of aliphatic hydroxyl groups excluding tert-OH is 1. The molecule has 0 fully saturated rings. The summed E-state index contributed by atoms with van der Waals surface area (Å²) in [5, 5.41) is 12.7. The van der Waals surface area contributed by atoms with Crippen molar-refractivity contribution in [3.8, 4) is 5.75 Å². The Morgan fingerprint density at radius 2 is 2.29 bits per heavy atom. The average Bonchev–Trinajstić information content (AvgIpc) is 2.31. The molecule has 6 heteroatoms. The highest BCUT2D eigenvalue weighted by molar-refractivity contribution is 9.09. The lowest BCUT2D eigenvalue weighted by Gasteiger charge is -2.12. The quantitative estimate of drug-likeness (QED) is 0.819. The van der Waals surface area contributed by atoms with Gasteiger partial charge in [-0.1, -0.05) is 27.5 Å². The molecule has 94 valence electrons. The van der Waals surface area contributed by atoms with Crippen LogP contribution in [0.1, 0.15) is 12.0 Å². The molecular formula is C11H13BrClNO3. The van der Waals surface area contributed by atoms with E-state index in [9.17, 15) is 4.79 Å². The molecule has 1 amide bonds. The lowest BCUT2D eigenvalue weighted by molar-refractivity contribution is -0.115. The van der Waals surface area contributed by atoms with E-state index >= 15 is 0 Å². The summed E-state index contributed by atoms with van der Waals surface area (Å²) in [6.07, 6.45) is 0.362. The van der Waals surface area contributed by atoms with Crippen LogP contribution < -0.4 is 10.1 Å². The fourth-order valence-electron chi connectivity index (χ4n) is 1.30. The van der Waals surface area contributed by atoms with E-state index in [1.54, 1.807) is 12.1 Å². The minimum atomic E-state index is -0.168. The van der Waals surface area contributed by atoms with Crippen molar-refractivity contribution >= 4 is 39.1 Å². The third-order valence-electron chi connectivity index (χ3n) is 2.14. The first-order valence-corrected chi connectivity index (χ1v) is 6.45. The van der Waals surface area contributed by atoms with Crippen LogP contribution in [0, 0.1) is 0 Å². The van der Waals surface area contributed by atoms with E-state index in [-0.39, 0.29) is 12.5 Å². The minimum absolute atomic E-state index is 0.137. The molecule has 0 bridgehead atoms. The lowest BCUT2D eigenvalue weighted by atomic mass is 10.2. The molecule has 0 aliphatic heterocycles. The van der Waals surface area contributed by atoms with Crippen LogP contribution in [0.15, 0.2) is 12.1 Å². The van der Waals surface area contributed by atoms with Gasteiger partial charge < -0.3 is 15.2 Å². The highest BCUT2D eigenvalue weighted by Crippen LogP contribution is 2.31. The standard InChI is InChI=1S/C11H13BrClNO3/c1-17-10-5-9(14-11(16)2-3-12)8(13)4-7(10)6-15/h4-5,15H,2-3,6H2,1H3,(H,14,16). The van der Waals surface area contributed by atoms with Crippen molar-refractivity contribution in [3.63, 3.8) is 0 Å². The summed E-state index contributed by atoms with van der Waals surface area (Å²) in [6, 6.07) is 3.17. The first kappa shape index (κ1) is 14.3. The van der Waals surface area contributed by atoms with Crippen molar-refractivity contribution in [1.82, 2.24) is 0 Å². The Morgan fingerprint density at radius 1 is 1.59 bits per heavy atom. The van der Waals surface area contributed by atoms with Crippen molar-refractivity contribution in [2.24, 2.45) is 0 Å². The van der Waals surface area contributed by atoms with Crippen molar-refractivity contribution in [1.29, 1.82) is 0 Å². The predicted molar refractivity (Wildman–Crippen MR) is 71.0 cm³/mol. The third-order valence-corrected chi connectivity index (χ3v) is 2.85. The van der Waals surface area contributed by atoms with Crippen LogP contribution in [0.2, 0.25) is 5.02 Å². The first-order valence-electron chi connectivity index (χ1n) is 4.95. The summed E-state index contributed by atoms with van der Waals surface area (Å²) in [7, 11) is 1.49. The topological polar surface area (TPSA) is 58.6 Å². The summed E-state index contributed by atoms with van der Waals surface area (Å²) in [5.74, 6) is 0.355. The molecule has 1 aromatic carbocycles. The minimum Gasteiger partial charge on any atom is -0.496 e. The fraction of sp³-hybridized carbons (Fsp3) is 0.364. The zero-order valence-electron chi connectivity index (χ0n) is 9.30. The molecule has 17 heavy (non-hydrogen) atoms. The van der Waals surface area contributed by atoms with E-state index in [4.69, 9.17) is 21.4 Å². The number of carbonyl (C=O) groups excluding carboxylic acids is 1. The van der Waals surface area contributed by atoms with Crippen LogP contribution in [0.3, 0.4) is 0 Å². The Bertz CT molecular complexity index is 412. The van der Waals surface area contributed by atoms with Gasteiger partial charge in [-0.05, 0) is 6.07 Å². The molecule has 1 rings (SSSR count). The van der Waals surface area contributed by atoms with Crippen LogP contribution in [0.4, 0.5) is 5.69 Å². The Morgan fingerprint density at radius 3 is 2.82 bits per heavy atom. The van der Waals surface area contributed by atoms with Gasteiger partial charge in [-0.3, -0.25) is 4.79 Å². The number of benzene rings is 1. The van der Waals surface area contributed by atoms with Gasteiger partial charge in [0.05, 0.1) is 24.4 Å². The maximum Gasteiger partial charge on any atom is 0.225 e. The van der Waals surface area contributed by atoms with E-state index in [1.165, 1.54) is 7.11 Å². The number of aliphatic hydroxyl groups is 1. The highest BCUT2D eigenvalue weighted by atomic mass is 79.9. The van der Waals surface area contributed by atoms with Gasteiger partial charge >= 0.3 is 0 Å². The van der Waals surface area contributed by atoms with Gasteiger partial charge in [0.15, 0.2) is 0 Å². The molecule has 0 radical (unpaired) electrons. The number of ether oxygens (including phenoxy) is 1. The van der Waals surface area contributed by atoms with Crippen LogP contribution in [-0.4, -0.2) is 23.5 Å². The van der Waals surface area contributed by atoms with Gasteiger partial charge in [0.1, 0.15) is 5.75 Å². The van der Waals surface area contributed by atoms with Gasteiger partial charge in [-0.2, -0.15) is 0 Å². The van der Waals surface area contributed by atoms with Crippen molar-refractivity contribution in [2.45, 2.75) is 13.0 Å². The van der Waals surface area contributed by atoms with Gasteiger partial charge in [-0.25, -0.2) is 0 Å². The Balaban J connectivity index is 2.96. The van der Waals surface area contributed by atoms with Crippen molar-refractivity contribution in [3.05, 3.63) is 22.7 Å². The fourth-order valence-corrected chi connectivity index (χ4v) is 1.90.